The summed E-state index contributed by atoms with van der Waals surface area (Å²) in [7, 11) is 0. The molecule has 1 aliphatic heterocycles. The molecule has 0 amide bonds. The van der Waals surface area contributed by atoms with E-state index in [1.54, 1.807) is 11.8 Å². The predicted octanol–water partition coefficient (Wildman–Crippen LogP) is 1.61. The van der Waals surface area contributed by atoms with Crippen molar-refractivity contribution in [1.29, 1.82) is 0 Å². The summed E-state index contributed by atoms with van der Waals surface area (Å²) in [5.74, 6) is -0.1000. The molecule has 2 rings (SSSR count). The Hall–Kier alpha value is -0.750. The number of hydrogen-bond acceptors (Lipinski definition) is 3. The second kappa shape index (κ2) is 4.49. The van der Waals surface area contributed by atoms with Crippen molar-refractivity contribution in [3.8, 4) is 0 Å². The molecule has 1 N–H and O–H groups in total. The third-order valence-corrected chi connectivity index (χ3v) is 4.66. The molecule has 7 heteroatoms. The first-order valence-electron chi connectivity index (χ1n) is 5.25. The molecular weight excluding hydrogens is 267 g/mol. The normalized spacial score (nSPS) is 24.2. The van der Waals surface area contributed by atoms with Gasteiger partial charge in [-0.25, -0.2) is 4.79 Å². The van der Waals surface area contributed by atoms with Crippen molar-refractivity contribution in [2.45, 2.75) is 31.1 Å². The Bertz CT molecular complexity index is 548. The molecule has 1 aromatic rings. The molecule has 2 heterocycles. The first-order valence-corrected chi connectivity index (χ1v) is 6.61. The highest BCUT2D eigenvalue weighted by Gasteiger charge is 2.31. The standard InChI is InChI=1S/C10H12ClFN2O2S/c1-10(3-2-4-17-10)5-14-8(15)6(12)7(11)13-9(14)16/h2-5H2,1H3,(H,13,16). The SMILES string of the molecule is CC1(Cn2c(=O)[nH]c(Cl)c(F)c2=O)CCCS1. The maximum atomic E-state index is 13.3. The van der Waals surface area contributed by atoms with Gasteiger partial charge >= 0.3 is 5.69 Å². The van der Waals surface area contributed by atoms with Crippen molar-refractivity contribution in [2.75, 3.05) is 5.75 Å². The number of aromatic nitrogens is 2. The maximum absolute atomic E-state index is 13.3. The third-order valence-electron chi connectivity index (χ3n) is 2.88. The topological polar surface area (TPSA) is 54.9 Å². The highest BCUT2D eigenvalue weighted by atomic mass is 35.5. The smallest absolute Gasteiger partial charge is 0.295 e. The zero-order chi connectivity index (χ0) is 12.6. The van der Waals surface area contributed by atoms with Gasteiger partial charge in [0, 0.05) is 11.3 Å². The first-order chi connectivity index (χ1) is 7.93. The Morgan fingerprint density at radius 1 is 1.59 bits per heavy atom. The molecule has 0 saturated carbocycles. The van der Waals surface area contributed by atoms with Crippen LogP contribution in [0.15, 0.2) is 9.59 Å². The van der Waals surface area contributed by atoms with Crippen molar-refractivity contribution < 1.29 is 4.39 Å². The molecule has 94 valence electrons. The van der Waals surface area contributed by atoms with Crippen LogP contribution in [0.25, 0.3) is 0 Å². The van der Waals surface area contributed by atoms with Gasteiger partial charge in [-0.05, 0) is 25.5 Å². The van der Waals surface area contributed by atoms with Gasteiger partial charge < -0.3 is 0 Å². The maximum Gasteiger partial charge on any atom is 0.329 e. The van der Waals surface area contributed by atoms with E-state index in [9.17, 15) is 14.0 Å². The largest absolute Gasteiger partial charge is 0.329 e. The fourth-order valence-corrected chi connectivity index (χ4v) is 3.41. The van der Waals surface area contributed by atoms with Gasteiger partial charge in [0.2, 0.25) is 5.82 Å². The monoisotopic (exact) mass is 278 g/mol. The molecule has 17 heavy (non-hydrogen) atoms. The van der Waals surface area contributed by atoms with Crippen LogP contribution >= 0.6 is 23.4 Å². The summed E-state index contributed by atoms with van der Waals surface area (Å²) in [6.07, 6.45) is 1.96. The summed E-state index contributed by atoms with van der Waals surface area (Å²) in [5.41, 5.74) is -1.61. The quantitative estimate of drug-likeness (QED) is 0.837. The van der Waals surface area contributed by atoms with Gasteiger partial charge in [-0.3, -0.25) is 14.3 Å². The van der Waals surface area contributed by atoms with Crippen LogP contribution in [-0.2, 0) is 6.54 Å². The summed E-state index contributed by atoms with van der Waals surface area (Å²) in [4.78, 5) is 25.3. The second-order valence-corrected chi connectivity index (χ2v) is 6.41. The summed E-state index contributed by atoms with van der Waals surface area (Å²) < 4.78 is 14.0. The van der Waals surface area contributed by atoms with Gasteiger partial charge in [0.25, 0.3) is 5.56 Å². The number of H-pyrrole nitrogens is 1. The van der Waals surface area contributed by atoms with E-state index in [0.29, 0.717) is 0 Å². The molecule has 1 atom stereocenters. The summed E-state index contributed by atoms with van der Waals surface area (Å²) in [6, 6.07) is 0. The lowest BCUT2D eigenvalue weighted by molar-refractivity contribution is 0.464. The number of hydrogen-bond donors (Lipinski definition) is 1. The Balaban J connectivity index is 2.43. The molecule has 0 spiro atoms. The molecule has 0 aliphatic carbocycles. The Morgan fingerprint density at radius 3 is 2.88 bits per heavy atom. The molecule has 0 bridgehead atoms. The van der Waals surface area contributed by atoms with Gasteiger partial charge in [0.1, 0.15) is 0 Å². The van der Waals surface area contributed by atoms with Crippen LogP contribution in [0.1, 0.15) is 19.8 Å². The highest BCUT2D eigenvalue weighted by Crippen LogP contribution is 2.38. The minimum absolute atomic E-state index is 0.183. The molecule has 1 unspecified atom stereocenters. The summed E-state index contributed by atoms with van der Waals surface area (Å²) >= 11 is 7.09. The third kappa shape index (κ3) is 2.42. The Kier molecular flexibility index (Phi) is 3.36. The molecule has 0 aromatic carbocycles. The lowest BCUT2D eigenvalue weighted by Gasteiger charge is -2.22. The van der Waals surface area contributed by atoms with E-state index in [1.807, 2.05) is 6.92 Å². The molecule has 0 radical (unpaired) electrons. The number of thioether (sulfide) groups is 1. The van der Waals surface area contributed by atoms with Crippen LogP contribution in [0.4, 0.5) is 4.39 Å². The lowest BCUT2D eigenvalue weighted by Crippen LogP contribution is -2.42. The fourth-order valence-electron chi connectivity index (χ4n) is 1.96. The van der Waals surface area contributed by atoms with Crippen molar-refractivity contribution in [3.63, 3.8) is 0 Å². The zero-order valence-electron chi connectivity index (χ0n) is 9.26. The van der Waals surface area contributed by atoms with E-state index >= 15 is 0 Å². The van der Waals surface area contributed by atoms with Gasteiger partial charge in [0.15, 0.2) is 5.15 Å². The molecule has 4 nitrogen and oxygen atoms in total. The van der Waals surface area contributed by atoms with Crippen LogP contribution < -0.4 is 11.2 Å². The van der Waals surface area contributed by atoms with Crippen molar-refractivity contribution in [1.82, 2.24) is 9.55 Å². The number of aromatic amines is 1. The van der Waals surface area contributed by atoms with Crippen LogP contribution in [-0.4, -0.2) is 20.1 Å². The van der Waals surface area contributed by atoms with E-state index in [1.165, 1.54) is 0 Å². The van der Waals surface area contributed by atoms with Crippen molar-refractivity contribution >= 4 is 23.4 Å². The average Bonchev–Trinajstić information content (AvgIpc) is 2.69. The first kappa shape index (κ1) is 12.7. The number of nitrogens with one attached hydrogen (secondary N) is 1. The van der Waals surface area contributed by atoms with Crippen LogP contribution in [0.2, 0.25) is 5.15 Å². The van der Waals surface area contributed by atoms with E-state index in [-0.39, 0.29) is 11.3 Å². The van der Waals surface area contributed by atoms with Gasteiger partial charge in [0.05, 0.1) is 0 Å². The van der Waals surface area contributed by atoms with E-state index in [0.717, 1.165) is 23.2 Å². The number of nitrogens with zero attached hydrogens (tertiary/aromatic N) is 1. The average molecular weight is 279 g/mol. The predicted molar refractivity (Wildman–Crippen MR) is 66.4 cm³/mol. The Morgan fingerprint density at radius 2 is 2.29 bits per heavy atom. The second-order valence-electron chi connectivity index (χ2n) is 4.35. The van der Waals surface area contributed by atoms with Crippen LogP contribution in [0, 0.1) is 5.82 Å². The number of rotatable bonds is 2. The summed E-state index contributed by atoms with van der Waals surface area (Å²) in [6.45, 7) is 2.18. The molecule has 1 aliphatic rings. The van der Waals surface area contributed by atoms with Gasteiger partial charge in [-0.1, -0.05) is 11.6 Å². The minimum atomic E-state index is -1.10. The fraction of sp³-hybridized carbons (Fsp3) is 0.600. The molecule has 1 fully saturated rings. The summed E-state index contributed by atoms with van der Waals surface area (Å²) in [5, 5.41) is -0.527. The minimum Gasteiger partial charge on any atom is -0.295 e. The van der Waals surface area contributed by atoms with Crippen molar-refractivity contribution in [3.05, 3.63) is 31.8 Å². The number of halogens is 2. The van der Waals surface area contributed by atoms with Crippen LogP contribution in [0.3, 0.4) is 0 Å². The molecular formula is C10H12ClFN2O2S. The highest BCUT2D eigenvalue weighted by molar-refractivity contribution is 8.00. The van der Waals surface area contributed by atoms with Crippen molar-refractivity contribution in [2.24, 2.45) is 0 Å². The van der Waals surface area contributed by atoms with Crippen LogP contribution in [0.5, 0.6) is 0 Å². The Labute approximate surface area is 106 Å². The lowest BCUT2D eigenvalue weighted by atomic mass is 10.1. The van der Waals surface area contributed by atoms with E-state index < -0.39 is 22.2 Å². The van der Waals surface area contributed by atoms with Gasteiger partial charge in [-0.15, -0.1) is 0 Å². The molecule has 1 saturated heterocycles. The van der Waals surface area contributed by atoms with E-state index in [4.69, 9.17) is 11.6 Å². The zero-order valence-corrected chi connectivity index (χ0v) is 10.8. The van der Waals surface area contributed by atoms with Gasteiger partial charge in [-0.2, -0.15) is 16.2 Å². The van der Waals surface area contributed by atoms with E-state index in [2.05, 4.69) is 4.98 Å². The molecule has 1 aromatic heterocycles.